The quantitative estimate of drug-likeness (QED) is 0.744. The molecule has 0 saturated carbocycles. The maximum atomic E-state index is 11.5. The zero-order chi connectivity index (χ0) is 14.4. The van der Waals surface area contributed by atoms with E-state index in [1.54, 1.807) is 19.2 Å². The third-order valence-corrected chi connectivity index (χ3v) is 2.90. The molecule has 2 heterocycles. The van der Waals surface area contributed by atoms with Crippen LogP contribution in [0.4, 0.5) is 16.3 Å². The molecular formula is C13H20N4O3. The van der Waals surface area contributed by atoms with Gasteiger partial charge in [-0.05, 0) is 19.1 Å². The summed E-state index contributed by atoms with van der Waals surface area (Å²) in [5, 5.41) is 14.3. The Morgan fingerprint density at radius 3 is 2.85 bits per heavy atom. The third-order valence-electron chi connectivity index (χ3n) is 2.90. The lowest BCUT2D eigenvalue weighted by Gasteiger charge is -2.27. The number of aromatic nitrogens is 1. The minimum atomic E-state index is -0.567. The van der Waals surface area contributed by atoms with Crippen LogP contribution in [0.5, 0.6) is 0 Å². The Labute approximate surface area is 117 Å². The minimum Gasteiger partial charge on any atom is -0.392 e. The number of urea groups is 1. The van der Waals surface area contributed by atoms with Gasteiger partial charge in [0.2, 0.25) is 0 Å². The summed E-state index contributed by atoms with van der Waals surface area (Å²) in [7, 11) is 0. The first-order valence-corrected chi connectivity index (χ1v) is 6.67. The van der Waals surface area contributed by atoms with Gasteiger partial charge in [0.25, 0.3) is 0 Å². The summed E-state index contributed by atoms with van der Waals surface area (Å²) in [6, 6.07) is 3.32. The predicted octanol–water partition coefficient (Wildman–Crippen LogP) is 0.420. The van der Waals surface area contributed by atoms with Crippen molar-refractivity contribution in [2.24, 2.45) is 0 Å². The number of amides is 2. The van der Waals surface area contributed by atoms with Gasteiger partial charge >= 0.3 is 6.03 Å². The van der Waals surface area contributed by atoms with Crippen LogP contribution < -0.4 is 15.5 Å². The van der Waals surface area contributed by atoms with Gasteiger partial charge in [-0.1, -0.05) is 0 Å². The second-order valence-electron chi connectivity index (χ2n) is 4.69. The van der Waals surface area contributed by atoms with Crippen molar-refractivity contribution in [3.8, 4) is 0 Å². The molecular weight excluding hydrogens is 260 g/mol. The molecule has 1 aliphatic rings. The van der Waals surface area contributed by atoms with E-state index in [0.29, 0.717) is 18.9 Å². The number of hydrogen-bond donors (Lipinski definition) is 3. The smallest absolute Gasteiger partial charge is 0.319 e. The van der Waals surface area contributed by atoms with Gasteiger partial charge < -0.3 is 25.4 Å². The van der Waals surface area contributed by atoms with Gasteiger partial charge in [-0.2, -0.15) is 0 Å². The standard InChI is InChI=1S/C13H20N4O3/c1-10(18)8-15-13(19)16-11-2-3-12(14-9-11)17-4-6-20-7-5-17/h2-3,9-10,18H,4-8H2,1H3,(H2,15,16,19). The Hall–Kier alpha value is -1.86. The molecule has 20 heavy (non-hydrogen) atoms. The number of nitrogens with one attached hydrogen (secondary N) is 2. The lowest BCUT2D eigenvalue weighted by molar-refractivity contribution is 0.122. The SMILES string of the molecule is CC(O)CNC(=O)Nc1ccc(N2CCOCC2)nc1. The molecule has 2 amide bonds. The molecule has 0 spiro atoms. The first-order chi connectivity index (χ1) is 9.65. The molecule has 1 unspecified atom stereocenters. The molecule has 2 rings (SSSR count). The maximum absolute atomic E-state index is 11.5. The molecule has 1 fully saturated rings. The van der Waals surface area contributed by atoms with Crippen LogP contribution in [0.15, 0.2) is 18.3 Å². The number of anilines is 2. The summed E-state index contributed by atoms with van der Waals surface area (Å²) in [5.74, 6) is 0.878. The normalized spacial score (nSPS) is 16.6. The molecule has 1 atom stereocenters. The minimum absolute atomic E-state index is 0.213. The third kappa shape index (κ3) is 4.36. The van der Waals surface area contributed by atoms with Crippen LogP contribution in [0.25, 0.3) is 0 Å². The fraction of sp³-hybridized carbons (Fsp3) is 0.538. The highest BCUT2D eigenvalue weighted by atomic mass is 16.5. The van der Waals surface area contributed by atoms with E-state index in [1.165, 1.54) is 0 Å². The molecule has 110 valence electrons. The van der Waals surface area contributed by atoms with Crippen LogP contribution in [0.3, 0.4) is 0 Å². The number of aliphatic hydroxyl groups excluding tert-OH is 1. The highest BCUT2D eigenvalue weighted by Gasteiger charge is 2.12. The zero-order valence-corrected chi connectivity index (χ0v) is 11.5. The largest absolute Gasteiger partial charge is 0.392 e. The molecule has 7 heteroatoms. The molecule has 0 radical (unpaired) electrons. The van der Waals surface area contributed by atoms with Crippen LogP contribution in [0.2, 0.25) is 0 Å². The average Bonchev–Trinajstić information content (AvgIpc) is 2.47. The molecule has 7 nitrogen and oxygen atoms in total. The van der Waals surface area contributed by atoms with Gasteiger partial charge in [0, 0.05) is 19.6 Å². The highest BCUT2D eigenvalue weighted by molar-refractivity contribution is 5.89. The molecule has 3 N–H and O–H groups in total. The van der Waals surface area contributed by atoms with Crippen molar-refractivity contribution in [2.45, 2.75) is 13.0 Å². The number of hydrogen-bond acceptors (Lipinski definition) is 5. The molecule has 1 aromatic heterocycles. The molecule has 0 bridgehead atoms. The van der Waals surface area contributed by atoms with Crippen LogP contribution in [-0.4, -0.2) is 55.1 Å². The monoisotopic (exact) mass is 280 g/mol. The number of carbonyl (C=O) groups is 1. The zero-order valence-electron chi connectivity index (χ0n) is 11.5. The Morgan fingerprint density at radius 1 is 1.50 bits per heavy atom. The summed E-state index contributed by atoms with van der Waals surface area (Å²) < 4.78 is 5.29. The Kier molecular flexibility index (Phi) is 5.14. The van der Waals surface area contributed by atoms with Gasteiger partial charge in [-0.25, -0.2) is 9.78 Å². The number of nitrogens with zero attached hydrogens (tertiary/aromatic N) is 2. The van der Waals surface area contributed by atoms with Crippen molar-refractivity contribution in [2.75, 3.05) is 43.1 Å². The topological polar surface area (TPSA) is 86.7 Å². The maximum Gasteiger partial charge on any atom is 0.319 e. The van der Waals surface area contributed by atoms with Gasteiger partial charge in [-0.15, -0.1) is 0 Å². The van der Waals surface area contributed by atoms with E-state index in [4.69, 9.17) is 9.84 Å². The lowest BCUT2D eigenvalue weighted by atomic mass is 10.3. The molecule has 1 saturated heterocycles. The Bertz CT molecular complexity index is 430. The van der Waals surface area contributed by atoms with Gasteiger partial charge in [0.05, 0.1) is 31.2 Å². The molecule has 0 aromatic carbocycles. The molecule has 1 aromatic rings. The van der Waals surface area contributed by atoms with Crippen LogP contribution in [-0.2, 0) is 4.74 Å². The van der Waals surface area contributed by atoms with Gasteiger partial charge in [0.15, 0.2) is 0 Å². The predicted molar refractivity (Wildman–Crippen MR) is 76.0 cm³/mol. The number of rotatable bonds is 4. The van der Waals surface area contributed by atoms with E-state index in [1.807, 2.05) is 6.07 Å². The fourth-order valence-electron chi connectivity index (χ4n) is 1.86. The van der Waals surface area contributed by atoms with Crippen molar-refractivity contribution in [3.05, 3.63) is 18.3 Å². The van der Waals surface area contributed by atoms with E-state index in [9.17, 15) is 4.79 Å². The van der Waals surface area contributed by atoms with E-state index in [2.05, 4.69) is 20.5 Å². The van der Waals surface area contributed by atoms with Crippen molar-refractivity contribution in [3.63, 3.8) is 0 Å². The summed E-state index contributed by atoms with van der Waals surface area (Å²) >= 11 is 0. The first kappa shape index (κ1) is 14.5. The summed E-state index contributed by atoms with van der Waals surface area (Å²) in [6.07, 6.45) is 1.05. The summed E-state index contributed by atoms with van der Waals surface area (Å²) in [5.41, 5.74) is 0.616. The van der Waals surface area contributed by atoms with Crippen molar-refractivity contribution in [1.82, 2.24) is 10.3 Å². The van der Waals surface area contributed by atoms with Crippen LogP contribution in [0.1, 0.15) is 6.92 Å². The van der Waals surface area contributed by atoms with Gasteiger partial charge in [-0.3, -0.25) is 0 Å². The fourth-order valence-corrected chi connectivity index (χ4v) is 1.86. The number of carbonyl (C=O) groups excluding carboxylic acids is 1. The number of morpholine rings is 1. The number of pyridine rings is 1. The van der Waals surface area contributed by atoms with Crippen LogP contribution in [0, 0.1) is 0 Å². The Balaban J connectivity index is 1.86. The first-order valence-electron chi connectivity index (χ1n) is 6.67. The second kappa shape index (κ2) is 7.06. The van der Waals surface area contributed by atoms with E-state index < -0.39 is 6.10 Å². The molecule has 0 aliphatic carbocycles. The number of ether oxygens (including phenoxy) is 1. The summed E-state index contributed by atoms with van der Waals surface area (Å²) in [6.45, 7) is 4.90. The van der Waals surface area contributed by atoms with Crippen molar-refractivity contribution >= 4 is 17.5 Å². The lowest BCUT2D eigenvalue weighted by Crippen LogP contribution is -2.36. The van der Waals surface area contributed by atoms with E-state index in [0.717, 1.165) is 18.9 Å². The Morgan fingerprint density at radius 2 is 2.25 bits per heavy atom. The van der Waals surface area contributed by atoms with Crippen molar-refractivity contribution in [1.29, 1.82) is 0 Å². The number of aliphatic hydroxyl groups is 1. The summed E-state index contributed by atoms with van der Waals surface area (Å²) in [4.78, 5) is 18.0. The van der Waals surface area contributed by atoms with E-state index >= 15 is 0 Å². The van der Waals surface area contributed by atoms with Crippen molar-refractivity contribution < 1.29 is 14.6 Å². The average molecular weight is 280 g/mol. The second-order valence-corrected chi connectivity index (χ2v) is 4.69. The molecule has 1 aliphatic heterocycles. The van der Waals surface area contributed by atoms with E-state index in [-0.39, 0.29) is 12.6 Å². The highest BCUT2D eigenvalue weighted by Crippen LogP contribution is 2.15. The van der Waals surface area contributed by atoms with Crippen LogP contribution >= 0.6 is 0 Å². The van der Waals surface area contributed by atoms with Gasteiger partial charge in [0.1, 0.15) is 5.82 Å².